The first kappa shape index (κ1) is 26.0. The summed E-state index contributed by atoms with van der Waals surface area (Å²) in [5.41, 5.74) is 10.4. The zero-order valence-electron chi connectivity index (χ0n) is 29.8. The van der Waals surface area contributed by atoms with E-state index in [4.69, 9.17) is 8.53 Å². The second kappa shape index (κ2) is 11.3. The zero-order valence-corrected chi connectivity index (χ0v) is 27.8. The number of rotatable bonds is 5. The molecule has 0 aliphatic rings. The summed E-state index contributed by atoms with van der Waals surface area (Å²) in [5.74, 6) is 0. The van der Waals surface area contributed by atoms with E-state index in [2.05, 4.69) is 68.6 Å². The van der Waals surface area contributed by atoms with Crippen molar-refractivity contribution < 1.29 is 13.1 Å². The van der Waals surface area contributed by atoms with Crippen LogP contribution in [0.15, 0.2) is 120 Å². The van der Waals surface area contributed by atoms with Gasteiger partial charge in [0.2, 0.25) is 5.69 Å². The first-order valence-electron chi connectivity index (χ1n) is 17.1. The van der Waals surface area contributed by atoms with E-state index >= 15 is 0 Å². The highest BCUT2D eigenvalue weighted by Gasteiger charge is 2.30. The Hall–Kier alpha value is -5.24. The lowest BCUT2D eigenvalue weighted by atomic mass is 9.93. The van der Waals surface area contributed by atoms with Crippen molar-refractivity contribution in [3.05, 3.63) is 132 Å². The van der Waals surface area contributed by atoms with Gasteiger partial charge in [0.25, 0.3) is 0 Å². The quantitative estimate of drug-likeness (QED) is 0.143. The van der Waals surface area contributed by atoms with E-state index in [9.17, 15) is 5.26 Å². The highest BCUT2D eigenvalue weighted by atomic mass is 28.3. The molecule has 0 amide bonds. The molecule has 0 saturated carbocycles. The third-order valence-corrected chi connectivity index (χ3v) is 11.0. The summed E-state index contributed by atoms with van der Waals surface area (Å²) in [7, 11) is 0.0684. The van der Waals surface area contributed by atoms with Crippen LogP contribution in [0.25, 0.3) is 66.6 Å². The normalized spacial score (nSPS) is 12.9. The van der Waals surface area contributed by atoms with E-state index in [1.165, 1.54) is 5.19 Å². The van der Waals surface area contributed by atoms with Gasteiger partial charge in [-0.2, -0.15) is 5.26 Å². The Morgan fingerprint density at radius 2 is 1.35 bits per heavy atom. The topological polar surface area (TPSA) is 40.8 Å². The SMILES string of the molecule is [2H]C([2H])([2H])c1cc(-c2ccccc2)ccc1-c1cc(-c2c(C)ccc3c2oc2c(-c4ccccc4)c(C#N)ccc23)[n+](C)cc1[Si](C)(C)C. The van der Waals surface area contributed by atoms with Crippen LogP contribution < -0.4 is 9.75 Å². The molecule has 224 valence electrons. The number of hydrogen-bond acceptors (Lipinski definition) is 2. The van der Waals surface area contributed by atoms with E-state index in [1.54, 1.807) is 0 Å². The van der Waals surface area contributed by atoms with Gasteiger partial charge >= 0.3 is 0 Å². The molecule has 4 heteroatoms. The van der Waals surface area contributed by atoms with Gasteiger partial charge in [-0.05, 0) is 64.9 Å². The van der Waals surface area contributed by atoms with E-state index in [0.717, 1.165) is 66.6 Å². The molecular formula is C42H37N2OSi+. The third-order valence-electron chi connectivity index (χ3n) is 8.96. The van der Waals surface area contributed by atoms with Gasteiger partial charge in [0.1, 0.15) is 18.2 Å². The van der Waals surface area contributed by atoms with Gasteiger partial charge in [0.05, 0.1) is 25.3 Å². The Labute approximate surface area is 276 Å². The van der Waals surface area contributed by atoms with Crippen LogP contribution in [0.3, 0.4) is 0 Å². The molecule has 0 saturated heterocycles. The summed E-state index contributed by atoms with van der Waals surface area (Å²) >= 11 is 0. The number of aryl methyl sites for hydroxylation is 3. The Balaban J connectivity index is 1.53. The zero-order chi connectivity index (χ0) is 34.7. The predicted molar refractivity (Wildman–Crippen MR) is 194 cm³/mol. The molecule has 0 atom stereocenters. The Kier molecular flexibility index (Phi) is 6.38. The molecule has 3 nitrogen and oxygen atoms in total. The van der Waals surface area contributed by atoms with Crippen LogP contribution in [0, 0.1) is 25.1 Å². The van der Waals surface area contributed by atoms with Crippen molar-refractivity contribution in [2.75, 3.05) is 0 Å². The van der Waals surface area contributed by atoms with Gasteiger partial charge in [-0.15, -0.1) is 0 Å². The van der Waals surface area contributed by atoms with Gasteiger partial charge in [-0.1, -0.05) is 111 Å². The first-order valence-corrected chi connectivity index (χ1v) is 19.1. The highest BCUT2D eigenvalue weighted by Crippen LogP contribution is 2.42. The molecule has 0 unspecified atom stereocenters. The monoisotopic (exact) mass is 616 g/mol. The summed E-state index contributed by atoms with van der Waals surface area (Å²) in [6, 6.07) is 38.2. The number of nitriles is 1. The first-order chi connectivity index (χ1) is 23.4. The van der Waals surface area contributed by atoms with Crippen molar-refractivity contribution >= 4 is 35.2 Å². The minimum Gasteiger partial charge on any atom is -0.454 e. The minimum atomic E-state index is -2.32. The van der Waals surface area contributed by atoms with Crippen molar-refractivity contribution in [1.82, 2.24) is 0 Å². The van der Waals surface area contributed by atoms with Crippen LogP contribution in [-0.4, -0.2) is 8.07 Å². The fourth-order valence-corrected chi connectivity index (χ4v) is 8.21. The van der Waals surface area contributed by atoms with Crippen LogP contribution >= 0.6 is 0 Å². The second-order valence-corrected chi connectivity index (χ2v) is 18.1. The van der Waals surface area contributed by atoms with Crippen molar-refractivity contribution in [2.45, 2.75) is 33.4 Å². The number of aromatic nitrogens is 1. The molecule has 2 heterocycles. The maximum absolute atomic E-state index is 10.1. The van der Waals surface area contributed by atoms with Gasteiger partial charge < -0.3 is 4.42 Å². The molecule has 0 fully saturated rings. The van der Waals surface area contributed by atoms with Crippen LogP contribution in [0.1, 0.15) is 20.8 Å². The lowest BCUT2D eigenvalue weighted by molar-refractivity contribution is -0.659. The second-order valence-electron chi connectivity index (χ2n) is 13.1. The predicted octanol–water partition coefficient (Wildman–Crippen LogP) is 10.1. The number of furan rings is 1. The summed E-state index contributed by atoms with van der Waals surface area (Å²) < 4.78 is 34.9. The van der Waals surface area contributed by atoms with E-state index < -0.39 is 14.9 Å². The smallest absolute Gasteiger partial charge is 0.216 e. The van der Waals surface area contributed by atoms with Crippen molar-refractivity contribution in [3.63, 3.8) is 0 Å². The van der Waals surface area contributed by atoms with E-state index in [0.29, 0.717) is 16.7 Å². The van der Waals surface area contributed by atoms with Gasteiger partial charge in [-0.3, -0.25) is 0 Å². The van der Waals surface area contributed by atoms with Crippen molar-refractivity contribution in [1.29, 1.82) is 5.26 Å². The summed E-state index contributed by atoms with van der Waals surface area (Å²) in [4.78, 5) is 0. The largest absolute Gasteiger partial charge is 0.454 e. The molecular weight excluding hydrogens is 577 g/mol. The molecule has 2 aromatic heterocycles. The van der Waals surface area contributed by atoms with Crippen molar-refractivity contribution in [2.24, 2.45) is 7.05 Å². The molecule has 0 aliphatic carbocycles. The van der Waals surface area contributed by atoms with Crippen LogP contribution in [0.4, 0.5) is 0 Å². The lowest BCUT2D eigenvalue weighted by Gasteiger charge is -2.22. The van der Waals surface area contributed by atoms with E-state index in [1.807, 2.05) is 91.0 Å². The summed E-state index contributed by atoms with van der Waals surface area (Å²) in [6.07, 6.45) is 2.19. The summed E-state index contributed by atoms with van der Waals surface area (Å²) in [5, 5.41) is 13.2. The van der Waals surface area contributed by atoms with Crippen LogP contribution in [0.5, 0.6) is 0 Å². The average Bonchev–Trinajstić information content (AvgIpc) is 3.46. The maximum Gasteiger partial charge on any atom is 0.216 e. The van der Waals surface area contributed by atoms with Crippen LogP contribution in [-0.2, 0) is 7.05 Å². The Morgan fingerprint density at radius 1 is 0.696 bits per heavy atom. The van der Waals surface area contributed by atoms with Gasteiger partial charge in [-0.25, -0.2) is 4.57 Å². The number of hydrogen-bond donors (Lipinski definition) is 0. The molecule has 5 aromatic carbocycles. The van der Waals surface area contributed by atoms with Gasteiger partial charge in [0, 0.05) is 31.7 Å². The fraction of sp³-hybridized carbons (Fsp3) is 0.143. The molecule has 0 spiro atoms. The van der Waals surface area contributed by atoms with Crippen molar-refractivity contribution in [3.8, 4) is 50.7 Å². The minimum absolute atomic E-state index is 0.336. The van der Waals surface area contributed by atoms with E-state index in [-0.39, 0.29) is 0 Å². The molecule has 0 N–H and O–H groups in total. The lowest BCUT2D eigenvalue weighted by Crippen LogP contribution is -2.46. The number of nitrogens with zero attached hydrogens (tertiary/aromatic N) is 2. The Bertz CT molecular complexity index is 2430. The number of fused-ring (bicyclic) bond motifs is 3. The molecule has 7 rings (SSSR count). The van der Waals surface area contributed by atoms with Crippen LogP contribution in [0.2, 0.25) is 19.6 Å². The molecule has 7 aromatic rings. The number of pyridine rings is 1. The number of benzene rings is 5. The third kappa shape index (κ3) is 4.94. The standard InChI is InChI=1S/C42H37N2OSi/c1-27-17-20-34-35-22-19-32(25-43)40(30-15-11-8-12-16-30)42(35)45-41(34)39(27)37-24-36(38(26-44(37)3)46(4,5)6)33-21-18-31(23-28(33)2)29-13-9-7-10-14-29/h7-24,26H,1-6H3/q+1/i2D3. The Morgan fingerprint density at radius 3 is 2.00 bits per heavy atom. The van der Waals surface area contributed by atoms with Gasteiger partial charge in [0.15, 0.2) is 6.20 Å². The average molecular weight is 617 g/mol. The fourth-order valence-electron chi connectivity index (χ4n) is 6.61. The highest BCUT2D eigenvalue weighted by molar-refractivity contribution is 6.89. The maximum atomic E-state index is 10.1. The summed E-state index contributed by atoms with van der Waals surface area (Å²) in [6.45, 7) is 6.64. The molecule has 0 aliphatic heterocycles. The molecule has 46 heavy (non-hydrogen) atoms. The molecule has 0 radical (unpaired) electrons. The molecule has 0 bridgehead atoms.